The van der Waals surface area contributed by atoms with Crippen LogP contribution in [0.4, 0.5) is 45.2 Å². The van der Waals surface area contributed by atoms with E-state index in [4.69, 9.17) is 9.47 Å². The third kappa shape index (κ3) is 11.0. The van der Waals surface area contributed by atoms with Gasteiger partial charge in [0.25, 0.3) is 5.91 Å². The van der Waals surface area contributed by atoms with E-state index in [9.17, 15) is 54.2 Å². The molecule has 8 nitrogen and oxygen atoms in total. The molecular formula is C40H38F9N3O5. The number of likely N-dealkylation sites (N-methyl/N-ethyl adjacent to an activating group) is 1. The van der Waals surface area contributed by atoms with E-state index in [2.05, 4.69) is 5.32 Å². The summed E-state index contributed by atoms with van der Waals surface area (Å²) in [4.78, 5) is 30.4. The van der Waals surface area contributed by atoms with Crippen LogP contribution in [0.25, 0.3) is 0 Å². The van der Waals surface area contributed by atoms with Crippen LogP contribution in [0.3, 0.4) is 0 Å². The average molecular weight is 812 g/mol. The number of carbonyl (C=O) groups is 2. The number of anilines is 1. The van der Waals surface area contributed by atoms with Gasteiger partial charge in [-0.05, 0) is 79.7 Å². The van der Waals surface area contributed by atoms with Gasteiger partial charge in [-0.1, -0.05) is 37.3 Å². The number of nitrogens with one attached hydrogen (secondary N) is 1. The van der Waals surface area contributed by atoms with E-state index >= 15 is 0 Å². The summed E-state index contributed by atoms with van der Waals surface area (Å²) in [6.45, 7) is 3.94. The SMILES string of the molecule is C[C@@H]1CN([C@@H](C)CO)C(=O)c2cccc(NC(=O)Cc3ccc(C(F)(F)F)cc3)c2O[C@@H]1CN(C)Cc1ccc(Oc2cc(C(F)(F)F)cc(C(F)(F)F)c2)cc1. The molecule has 0 saturated heterocycles. The van der Waals surface area contributed by atoms with Crippen LogP contribution >= 0.6 is 0 Å². The van der Waals surface area contributed by atoms with E-state index < -0.39 is 64.9 Å². The summed E-state index contributed by atoms with van der Waals surface area (Å²) in [7, 11) is 1.78. The van der Waals surface area contributed by atoms with Crippen molar-refractivity contribution in [3.05, 3.63) is 118 Å². The number of hydrogen-bond acceptors (Lipinski definition) is 6. The van der Waals surface area contributed by atoms with Gasteiger partial charge in [0.1, 0.15) is 17.6 Å². The zero-order valence-corrected chi connectivity index (χ0v) is 30.7. The fourth-order valence-electron chi connectivity index (χ4n) is 6.22. The van der Waals surface area contributed by atoms with Crippen LogP contribution in [0.15, 0.2) is 84.9 Å². The number of nitrogens with zero attached hydrogens (tertiary/aromatic N) is 2. The van der Waals surface area contributed by atoms with E-state index in [1.807, 2.05) is 11.8 Å². The highest BCUT2D eigenvalue weighted by atomic mass is 19.4. The number of aliphatic hydroxyl groups excluding tert-OH is 1. The largest absolute Gasteiger partial charge is 0.486 e. The van der Waals surface area contributed by atoms with E-state index in [0.29, 0.717) is 29.8 Å². The molecule has 306 valence electrons. The molecule has 4 aromatic rings. The monoisotopic (exact) mass is 811 g/mol. The van der Waals surface area contributed by atoms with Crippen LogP contribution in [0.2, 0.25) is 0 Å². The van der Waals surface area contributed by atoms with Crippen molar-refractivity contribution in [2.24, 2.45) is 5.92 Å². The number of para-hydroxylation sites is 1. The van der Waals surface area contributed by atoms with Crippen molar-refractivity contribution < 1.29 is 63.7 Å². The molecule has 17 heteroatoms. The third-order valence-electron chi connectivity index (χ3n) is 9.28. The molecule has 0 unspecified atom stereocenters. The number of carbonyl (C=O) groups excluding carboxylic acids is 2. The Morgan fingerprint density at radius 2 is 1.44 bits per heavy atom. The van der Waals surface area contributed by atoms with Gasteiger partial charge in [-0.15, -0.1) is 0 Å². The summed E-state index contributed by atoms with van der Waals surface area (Å²) in [5, 5.41) is 12.7. The number of aliphatic hydroxyl groups is 1. The standard InChI is InChI=1S/C40H38F9N3O5/c1-23-19-52(24(2)22-53)37(55)32-5-4-6-33(50-35(54)15-25-7-11-27(12-8-25)38(41,42)43)36(32)57-34(23)21-51(3)20-26-9-13-30(14-10-26)56-31-17-28(39(44,45)46)16-29(18-31)40(47,48)49/h4-14,16-18,23-24,34,53H,15,19-22H2,1-3H3,(H,50,54)/t23-,24+,34-/m1/s1. The van der Waals surface area contributed by atoms with Crippen molar-refractivity contribution >= 4 is 17.5 Å². The minimum absolute atomic E-state index is 0.00177. The fourth-order valence-corrected chi connectivity index (χ4v) is 6.22. The first kappa shape index (κ1) is 42.8. The molecule has 0 fully saturated rings. The summed E-state index contributed by atoms with van der Waals surface area (Å²) in [6, 6.07) is 15.1. The molecule has 1 aliphatic rings. The molecule has 0 saturated carbocycles. The zero-order valence-electron chi connectivity index (χ0n) is 30.7. The van der Waals surface area contributed by atoms with Crippen LogP contribution in [-0.2, 0) is 36.3 Å². The number of benzene rings is 4. The van der Waals surface area contributed by atoms with E-state index in [1.165, 1.54) is 47.4 Å². The van der Waals surface area contributed by atoms with Gasteiger partial charge in [-0.2, -0.15) is 39.5 Å². The Morgan fingerprint density at radius 1 is 0.860 bits per heavy atom. The molecule has 1 heterocycles. The molecule has 1 aliphatic heterocycles. The zero-order chi connectivity index (χ0) is 41.9. The van der Waals surface area contributed by atoms with Crippen molar-refractivity contribution in [2.75, 3.05) is 32.1 Å². The van der Waals surface area contributed by atoms with E-state index in [1.54, 1.807) is 26.1 Å². The number of fused-ring (bicyclic) bond motifs is 1. The van der Waals surface area contributed by atoms with Crippen molar-refractivity contribution in [1.82, 2.24) is 9.80 Å². The number of amides is 2. The second-order valence-corrected chi connectivity index (χ2v) is 13.9. The van der Waals surface area contributed by atoms with Crippen LogP contribution < -0.4 is 14.8 Å². The lowest BCUT2D eigenvalue weighted by atomic mass is 9.98. The third-order valence-corrected chi connectivity index (χ3v) is 9.28. The fraction of sp³-hybridized carbons (Fsp3) is 0.350. The van der Waals surface area contributed by atoms with Gasteiger partial charge in [0.15, 0.2) is 5.75 Å². The maximum atomic E-state index is 13.8. The first-order valence-corrected chi connectivity index (χ1v) is 17.5. The second-order valence-electron chi connectivity index (χ2n) is 13.9. The maximum Gasteiger partial charge on any atom is 0.416 e. The summed E-state index contributed by atoms with van der Waals surface area (Å²) in [5.74, 6) is -1.95. The smallest absolute Gasteiger partial charge is 0.416 e. The second kappa shape index (κ2) is 17.1. The molecule has 5 rings (SSSR count). The minimum atomic E-state index is -5.04. The Bertz CT molecular complexity index is 2000. The molecule has 2 amide bonds. The number of halogens is 9. The summed E-state index contributed by atoms with van der Waals surface area (Å²) >= 11 is 0. The van der Waals surface area contributed by atoms with Crippen molar-refractivity contribution in [2.45, 2.75) is 57.5 Å². The van der Waals surface area contributed by atoms with Gasteiger partial charge >= 0.3 is 18.5 Å². The lowest BCUT2D eigenvalue weighted by molar-refractivity contribution is -0.143. The van der Waals surface area contributed by atoms with Crippen LogP contribution in [0, 0.1) is 5.92 Å². The maximum absolute atomic E-state index is 13.8. The van der Waals surface area contributed by atoms with Crippen molar-refractivity contribution in [3.8, 4) is 17.2 Å². The molecule has 0 aliphatic carbocycles. The normalized spacial score (nSPS) is 17.0. The number of alkyl halides is 9. The van der Waals surface area contributed by atoms with Gasteiger partial charge < -0.3 is 24.8 Å². The first-order chi connectivity index (χ1) is 26.6. The van der Waals surface area contributed by atoms with Gasteiger partial charge in [0.2, 0.25) is 5.91 Å². The Balaban J connectivity index is 1.33. The number of hydrogen-bond donors (Lipinski definition) is 2. The highest BCUT2D eigenvalue weighted by molar-refractivity contribution is 6.02. The molecule has 4 aromatic carbocycles. The molecule has 2 N–H and O–H groups in total. The summed E-state index contributed by atoms with van der Waals surface area (Å²) in [6.07, 6.45) is -15.5. The first-order valence-electron chi connectivity index (χ1n) is 17.5. The average Bonchev–Trinajstić information content (AvgIpc) is 3.12. The quantitative estimate of drug-likeness (QED) is 0.147. The van der Waals surface area contributed by atoms with E-state index in [0.717, 1.165) is 12.1 Å². The van der Waals surface area contributed by atoms with Crippen LogP contribution in [0.1, 0.15) is 52.0 Å². The topological polar surface area (TPSA) is 91.3 Å². The molecular weight excluding hydrogens is 773 g/mol. The summed E-state index contributed by atoms with van der Waals surface area (Å²) < 4.78 is 131. The van der Waals surface area contributed by atoms with Crippen molar-refractivity contribution in [1.29, 1.82) is 0 Å². The predicted octanol–water partition coefficient (Wildman–Crippen LogP) is 9.07. The summed E-state index contributed by atoms with van der Waals surface area (Å²) in [5.41, 5.74) is -2.60. The molecule has 3 atom stereocenters. The van der Waals surface area contributed by atoms with Gasteiger partial charge in [0, 0.05) is 25.6 Å². The Labute approximate surface area is 321 Å². The van der Waals surface area contributed by atoms with Crippen molar-refractivity contribution in [3.63, 3.8) is 0 Å². The van der Waals surface area contributed by atoms with Gasteiger partial charge in [-0.25, -0.2) is 0 Å². The lowest BCUT2D eigenvalue weighted by Crippen LogP contribution is -2.49. The lowest BCUT2D eigenvalue weighted by Gasteiger charge is -2.38. The minimum Gasteiger partial charge on any atom is -0.486 e. The van der Waals surface area contributed by atoms with Gasteiger partial charge in [0.05, 0.1) is 47.0 Å². The molecule has 0 radical (unpaired) electrons. The predicted molar refractivity (Wildman–Crippen MR) is 191 cm³/mol. The number of ether oxygens (including phenoxy) is 2. The highest BCUT2D eigenvalue weighted by Crippen LogP contribution is 2.40. The molecule has 0 aromatic heterocycles. The molecule has 0 bridgehead atoms. The Kier molecular flexibility index (Phi) is 12.8. The Hall–Kier alpha value is -5.29. The molecule has 0 spiro atoms. The molecule has 57 heavy (non-hydrogen) atoms. The Morgan fingerprint density at radius 3 is 2.00 bits per heavy atom. The highest BCUT2D eigenvalue weighted by Gasteiger charge is 2.38. The van der Waals surface area contributed by atoms with Crippen LogP contribution in [0.5, 0.6) is 17.2 Å². The van der Waals surface area contributed by atoms with Crippen LogP contribution in [-0.4, -0.2) is 65.6 Å². The van der Waals surface area contributed by atoms with Gasteiger partial charge in [-0.3, -0.25) is 14.5 Å². The van der Waals surface area contributed by atoms with E-state index in [-0.39, 0.29) is 60.9 Å². The number of rotatable bonds is 11.